The Morgan fingerprint density at radius 1 is 1.25 bits per heavy atom. The Balaban J connectivity index is 3.02. The van der Waals surface area contributed by atoms with Crippen molar-refractivity contribution in [2.45, 2.75) is 0 Å². The number of methoxy groups -OCH3 is 2. The summed E-state index contributed by atoms with van der Waals surface area (Å²) in [5.41, 5.74) is 0.637. The summed E-state index contributed by atoms with van der Waals surface area (Å²) in [5.74, 6) is 1.30. The number of benzene rings is 1. The van der Waals surface area contributed by atoms with E-state index in [9.17, 15) is 0 Å². The molecule has 0 heterocycles. The van der Waals surface area contributed by atoms with E-state index in [1.807, 2.05) is 0 Å². The van der Waals surface area contributed by atoms with Crippen LogP contribution in [0.15, 0.2) is 18.2 Å². The van der Waals surface area contributed by atoms with Crippen LogP contribution < -0.4 is 14.9 Å². The first kappa shape index (κ1) is 8.94. The average molecular weight is 165 g/mol. The molecule has 0 aliphatic carbocycles. The molecule has 1 aromatic rings. The number of rotatable bonds is 3. The van der Waals surface area contributed by atoms with Gasteiger partial charge < -0.3 is 14.5 Å². The molecular formula is C8H10BO3. The SMILES string of the molecule is COc1ccc([B]O)c(OC)c1. The fourth-order valence-corrected chi connectivity index (χ4v) is 0.925. The molecule has 1 N–H and O–H groups in total. The van der Waals surface area contributed by atoms with E-state index in [4.69, 9.17) is 14.5 Å². The second kappa shape index (κ2) is 4.02. The Hall–Kier alpha value is -1.16. The molecule has 1 rings (SSSR count). The third-order valence-electron chi connectivity index (χ3n) is 1.58. The summed E-state index contributed by atoms with van der Waals surface area (Å²) in [6.07, 6.45) is 0. The molecule has 0 aliphatic heterocycles. The lowest BCUT2D eigenvalue weighted by Gasteiger charge is -2.06. The molecule has 0 aliphatic rings. The maximum atomic E-state index is 8.77. The van der Waals surface area contributed by atoms with Crippen molar-refractivity contribution in [3.05, 3.63) is 18.2 Å². The van der Waals surface area contributed by atoms with Crippen molar-refractivity contribution >= 4 is 12.9 Å². The van der Waals surface area contributed by atoms with Gasteiger partial charge in [0.05, 0.1) is 14.2 Å². The first-order chi connectivity index (χ1) is 5.81. The molecule has 0 unspecified atom stereocenters. The number of hydrogen-bond acceptors (Lipinski definition) is 3. The van der Waals surface area contributed by atoms with Gasteiger partial charge in [-0.25, -0.2) is 0 Å². The molecular weight excluding hydrogens is 155 g/mol. The highest BCUT2D eigenvalue weighted by molar-refractivity contribution is 6.46. The van der Waals surface area contributed by atoms with Crippen LogP contribution in [0.25, 0.3) is 0 Å². The Bertz CT molecular complexity index is 262. The van der Waals surface area contributed by atoms with Gasteiger partial charge in [0.2, 0.25) is 0 Å². The van der Waals surface area contributed by atoms with Crippen LogP contribution in [0, 0.1) is 0 Å². The molecule has 1 radical (unpaired) electrons. The van der Waals surface area contributed by atoms with Crippen molar-refractivity contribution in [2.24, 2.45) is 0 Å². The lowest BCUT2D eigenvalue weighted by Crippen LogP contribution is -2.15. The molecule has 0 saturated carbocycles. The van der Waals surface area contributed by atoms with E-state index < -0.39 is 0 Å². The quantitative estimate of drug-likeness (QED) is 0.637. The van der Waals surface area contributed by atoms with E-state index in [-0.39, 0.29) is 0 Å². The van der Waals surface area contributed by atoms with Crippen molar-refractivity contribution < 1.29 is 14.5 Å². The van der Waals surface area contributed by atoms with E-state index in [0.717, 1.165) is 7.48 Å². The molecule has 0 aromatic heterocycles. The van der Waals surface area contributed by atoms with Crippen molar-refractivity contribution in [1.82, 2.24) is 0 Å². The Labute approximate surface area is 72.2 Å². The van der Waals surface area contributed by atoms with Crippen molar-refractivity contribution in [2.75, 3.05) is 14.2 Å². The molecule has 4 heteroatoms. The summed E-state index contributed by atoms with van der Waals surface area (Å²) in [6, 6.07) is 5.18. The number of hydrogen-bond donors (Lipinski definition) is 1. The molecule has 0 atom stereocenters. The van der Waals surface area contributed by atoms with Crippen LogP contribution in [0.1, 0.15) is 0 Å². The van der Waals surface area contributed by atoms with E-state index in [0.29, 0.717) is 17.0 Å². The van der Waals surface area contributed by atoms with Gasteiger partial charge in [0.25, 0.3) is 0 Å². The Morgan fingerprint density at radius 2 is 2.00 bits per heavy atom. The van der Waals surface area contributed by atoms with E-state index in [1.165, 1.54) is 0 Å². The molecule has 0 fully saturated rings. The molecule has 0 saturated heterocycles. The zero-order chi connectivity index (χ0) is 8.97. The highest BCUT2D eigenvalue weighted by Gasteiger charge is 2.04. The van der Waals surface area contributed by atoms with Crippen molar-refractivity contribution in [1.29, 1.82) is 0 Å². The highest BCUT2D eigenvalue weighted by atomic mass is 16.5. The van der Waals surface area contributed by atoms with Gasteiger partial charge in [-0.15, -0.1) is 0 Å². The van der Waals surface area contributed by atoms with Crippen molar-refractivity contribution in [3.8, 4) is 11.5 Å². The highest BCUT2D eigenvalue weighted by Crippen LogP contribution is 2.15. The molecule has 12 heavy (non-hydrogen) atoms. The summed E-state index contributed by atoms with van der Waals surface area (Å²) < 4.78 is 9.99. The van der Waals surface area contributed by atoms with E-state index in [2.05, 4.69) is 0 Å². The number of ether oxygens (including phenoxy) is 2. The summed E-state index contributed by atoms with van der Waals surface area (Å²) in [4.78, 5) is 0. The second-order valence-electron chi connectivity index (χ2n) is 2.24. The smallest absolute Gasteiger partial charge is 0.330 e. The molecule has 0 bridgehead atoms. The van der Waals surface area contributed by atoms with Gasteiger partial charge >= 0.3 is 7.48 Å². The minimum Gasteiger partial charge on any atom is -0.497 e. The zero-order valence-corrected chi connectivity index (χ0v) is 7.07. The molecule has 0 spiro atoms. The van der Waals surface area contributed by atoms with Crippen LogP contribution in [0.4, 0.5) is 0 Å². The maximum absolute atomic E-state index is 8.77. The van der Waals surface area contributed by atoms with E-state index in [1.54, 1.807) is 32.4 Å². The lowest BCUT2D eigenvalue weighted by atomic mass is 9.88. The van der Waals surface area contributed by atoms with Crippen LogP contribution in [-0.4, -0.2) is 26.7 Å². The second-order valence-corrected chi connectivity index (χ2v) is 2.24. The normalized spacial score (nSPS) is 9.25. The Kier molecular flexibility index (Phi) is 2.99. The summed E-state index contributed by atoms with van der Waals surface area (Å²) in [6.45, 7) is 0. The van der Waals surface area contributed by atoms with Gasteiger partial charge in [-0.05, 0) is 11.5 Å². The monoisotopic (exact) mass is 165 g/mol. The molecule has 3 nitrogen and oxygen atoms in total. The van der Waals surface area contributed by atoms with Crippen molar-refractivity contribution in [3.63, 3.8) is 0 Å². The predicted octanol–water partition coefficient (Wildman–Crippen LogP) is -0.0594. The van der Waals surface area contributed by atoms with Crippen LogP contribution in [0.5, 0.6) is 11.5 Å². The summed E-state index contributed by atoms with van der Waals surface area (Å²) in [7, 11) is 4.12. The fourth-order valence-electron chi connectivity index (χ4n) is 0.925. The van der Waals surface area contributed by atoms with Crippen LogP contribution >= 0.6 is 0 Å². The van der Waals surface area contributed by atoms with E-state index >= 15 is 0 Å². The third kappa shape index (κ3) is 1.71. The minimum absolute atomic E-state index is 0.594. The topological polar surface area (TPSA) is 38.7 Å². The van der Waals surface area contributed by atoms with Crippen LogP contribution in [-0.2, 0) is 0 Å². The molecule has 0 amide bonds. The first-order valence-electron chi connectivity index (χ1n) is 3.51. The summed E-state index contributed by atoms with van der Waals surface area (Å²) >= 11 is 0. The molecule has 63 valence electrons. The summed E-state index contributed by atoms with van der Waals surface area (Å²) in [5, 5.41) is 8.77. The van der Waals surface area contributed by atoms with Gasteiger partial charge in [0.1, 0.15) is 11.5 Å². The van der Waals surface area contributed by atoms with Gasteiger partial charge in [-0.2, -0.15) is 0 Å². The minimum atomic E-state index is 0.594. The standard InChI is InChI=1S/C8H10BO3/c1-11-6-3-4-7(9-10)8(5-6)12-2/h3-5,10H,1-2H3. The third-order valence-corrected chi connectivity index (χ3v) is 1.58. The average Bonchev–Trinajstić information content (AvgIpc) is 2.16. The zero-order valence-electron chi connectivity index (χ0n) is 7.07. The van der Waals surface area contributed by atoms with Gasteiger partial charge in [0.15, 0.2) is 0 Å². The Morgan fingerprint density at radius 3 is 2.50 bits per heavy atom. The largest absolute Gasteiger partial charge is 0.497 e. The molecule has 1 aromatic carbocycles. The lowest BCUT2D eigenvalue weighted by molar-refractivity contribution is 0.396. The predicted molar refractivity (Wildman–Crippen MR) is 47.2 cm³/mol. The maximum Gasteiger partial charge on any atom is 0.330 e. The van der Waals surface area contributed by atoms with Gasteiger partial charge in [-0.1, -0.05) is 6.07 Å². The first-order valence-corrected chi connectivity index (χ1v) is 3.51. The fraction of sp³-hybridized carbons (Fsp3) is 0.250. The van der Waals surface area contributed by atoms with Gasteiger partial charge in [-0.3, -0.25) is 0 Å². The van der Waals surface area contributed by atoms with Gasteiger partial charge in [0, 0.05) is 6.07 Å². The van der Waals surface area contributed by atoms with Crippen LogP contribution in [0.3, 0.4) is 0 Å². The van der Waals surface area contributed by atoms with Crippen LogP contribution in [0.2, 0.25) is 0 Å².